The minimum atomic E-state index is -2.67. The number of fused-ring (bicyclic) bond motifs is 1. The van der Waals surface area contributed by atoms with Crippen LogP contribution in [-0.4, -0.2) is 43.2 Å². The van der Waals surface area contributed by atoms with Gasteiger partial charge in [-0.3, -0.25) is 24.5 Å². The van der Waals surface area contributed by atoms with Gasteiger partial charge in [0.15, 0.2) is 23.3 Å². The van der Waals surface area contributed by atoms with Gasteiger partial charge in [-0.1, -0.05) is 6.92 Å². The second-order valence-corrected chi connectivity index (χ2v) is 6.48. The highest BCUT2D eigenvalue weighted by molar-refractivity contribution is 14.1. The van der Waals surface area contributed by atoms with Gasteiger partial charge in [0.1, 0.15) is 0 Å². The number of carbonyl (C=O) groups is 5. The predicted octanol–water partition coefficient (Wildman–Crippen LogP) is 1.42. The van der Waals surface area contributed by atoms with Crippen LogP contribution >= 0.6 is 22.9 Å². The smallest absolute Gasteiger partial charge is 0.274 e. The van der Waals surface area contributed by atoms with Gasteiger partial charge in [-0.25, -0.2) is 27.3 Å². The number of benzene rings is 1. The van der Waals surface area contributed by atoms with Crippen LogP contribution in [-0.2, 0) is 9.59 Å². The molecular weight excluding hydrogens is 493 g/mol. The number of halogens is 5. The molecular formula is C14H6F4IN3O5. The number of rotatable bonds is 2. The number of imide groups is 3. The first-order chi connectivity index (χ1) is 12.5. The molecule has 0 aliphatic carbocycles. The first kappa shape index (κ1) is 19.2. The SMILES string of the molecule is CCC1(N2C(=O)c3c(F)c(F)c(F)c(F)c3C2=O)C(=O)NC(=O)N(I)C1=O. The minimum absolute atomic E-state index is 0.0848. The molecule has 1 atom stereocenters. The van der Waals surface area contributed by atoms with Crippen LogP contribution in [0.1, 0.15) is 34.1 Å². The fraction of sp³-hybridized carbons (Fsp3) is 0.214. The molecule has 0 bridgehead atoms. The summed E-state index contributed by atoms with van der Waals surface area (Å²) in [7, 11) is 0. The molecule has 1 saturated heterocycles. The number of barbiturate groups is 1. The van der Waals surface area contributed by atoms with Crippen molar-refractivity contribution in [2.45, 2.75) is 18.9 Å². The van der Waals surface area contributed by atoms with Crippen LogP contribution in [0.3, 0.4) is 0 Å². The Hall–Kier alpha value is -2.58. The summed E-state index contributed by atoms with van der Waals surface area (Å²) in [6, 6.07) is -1.17. The van der Waals surface area contributed by atoms with Crippen molar-refractivity contribution in [3.63, 3.8) is 0 Å². The number of carbonyl (C=O) groups excluding carboxylic acids is 5. The molecule has 2 aliphatic rings. The maximum absolute atomic E-state index is 14.0. The number of amides is 6. The Kier molecular flexibility index (Phi) is 4.24. The van der Waals surface area contributed by atoms with E-state index in [-0.39, 0.29) is 4.90 Å². The molecule has 1 N–H and O–H groups in total. The van der Waals surface area contributed by atoms with E-state index >= 15 is 0 Å². The van der Waals surface area contributed by atoms with E-state index < -0.39 is 76.0 Å². The van der Waals surface area contributed by atoms with Gasteiger partial charge in [0.2, 0.25) is 5.54 Å². The van der Waals surface area contributed by atoms with Gasteiger partial charge in [-0.15, -0.1) is 0 Å². The molecule has 2 aliphatic heterocycles. The van der Waals surface area contributed by atoms with Crippen molar-refractivity contribution in [2.75, 3.05) is 0 Å². The molecule has 6 amide bonds. The summed E-state index contributed by atoms with van der Waals surface area (Å²) in [5.41, 5.74) is -5.56. The molecule has 1 aromatic rings. The number of urea groups is 1. The molecule has 0 saturated carbocycles. The Morgan fingerprint density at radius 2 is 1.33 bits per heavy atom. The Labute approximate surface area is 160 Å². The maximum Gasteiger partial charge on any atom is 0.340 e. The van der Waals surface area contributed by atoms with Crippen molar-refractivity contribution in [1.82, 2.24) is 13.3 Å². The van der Waals surface area contributed by atoms with Crippen LogP contribution in [0, 0.1) is 23.3 Å². The molecule has 3 rings (SSSR count). The Morgan fingerprint density at radius 1 is 0.889 bits per heavy atom. The summed E-state index contributed by atoms with van der Waals surface area (Å²) in [5.74, 6) is -15.1. The van der Waals surface area contributed by atoms with E-state index in [1.165, 1.54) is 29.8 Å². The summed E-state index contributed by atoms with van der Waals surface area (Å²) in [6.45, 7) is 1.19. The van der Waals surface area contributed by atoms with Crippen molar-refractivity contribution in [3.05, 3.63) is 34.4 Å². The standard InChI is InChI=1S/C14H6F4IN3O5/c1-2-14(11(25)20-13(27)22(19)12(14)26)21-9(23)3-4(10(21)24)6(16)8(18)7(17)5(3)15/h2H2,1H3,(H,20,25,27). The topological polar surface area (TPSA) is 104 Å². The number of hydrogen-bond donors (Lipinski definition) is 1. The zero-order valence-electron chi connectivity index (χ0n) is 13.0. The summed E-state index contributed by atoms with van der Waals surface area (Å²) in [6.07, 6.45) is -0.579. The molecule has 1 aromatic carbocycles. The van der Waals surface area contributed by atoms with Crippen molar-refractivity contribution in [2.24, 2.45) is 0 Å². The molecule has 0 aromatic heterocycles. The highest BCUT2D eigenvalue weighted by Gasteiger charge is 2.63. The van der Waals surface area contributed by atoms with Crippen LogP contribution in [0.4, 0.5) is 22.4 Å². The molecule has 0 radical (unpaired) electrons. The lowest BCUT2D eigenvalue weighted by Crippen LogP contribution is -2.72. The molecule has 13 heteroatoms. The van der Waals surface area contributed by atoms with Gasteiger partial charge >= 0.3 is 6.03 Å². The predicted molar refractivity (Wildman–Crippen MR) is 84.2 cm³/mol. The molecule has 8 nitrogen and oxygen atoms in total. The van der Waals surface area contributed by atoms with E-state index in [0.717, 1.165) is 0 Å². The third-order valence-electron chi connectivity index (χ3n) is 4.30. The Balaban J connectivity index is 2.28. The largest absolute Gasteiger partial charge is 0.340 e. The second kappa shape index (κ2) is 5.97. The van der Waals surface area contributed by atoms with Gasteiger partial charge in [-0.05, 0) is 6.42 Å². The van der Waals surface area contributed by atoms with E-state index in [1.807, 2.05) is 0 Å². The van der Waals surface area contributed by atoms with Gasteiger partial charge < -0.3 is 0 Å². The third-order valence-corrected chi connectivity index (χ3v) is 5.18. The monoisotopic (exact) mass is 499 g/mol. The van der Waals surface area contributed by atoms with Crippen LogP contribution in [0.25, 0.3) is 0 Å². The lowest BCUT2D eigenvalue weighted by atomic mass is 9.89. The summed E-state index contributed by atoms with van der Waals surface area (Å²) in [4.78, 5) is 61.6. The van der Waals surface area contributed by atoms with E-state index in [0.29, 0.717) is 3.11 Å². The lowest BCUT2D eigenvalue weighted by molar-refractivity contribution is -0.147. The van der Waals surface area contributed by atoms with Crippen LogP contribution < -0.4 is 5.32 Å². The quantitative estimate of drug-likeness (QED) is 0.126. The highest BCUT2D eigenvalue weighted by atomic mass is 127. The molecule has 2 heterocycles. The highest BCUT2D eigenvalue weighted by Crippen LogP contribution is 2.38. The molecule has 1 unspecified atom stereocenters. The van der Waals surface area contributed by atoms with Gasteiger partial charge in [-0.2, -0.15) is 3.11 Å². The van der Waals surface area contributed by atoms with E-state index in [9.17, 15) is 41.5 Å². The number of hydrogen-bond acceptors (Lipinski definition) is 5. The number of nitrogens with one attached hydrogen (secondary N) is 1. The van der Waals surface area contributed by atoms with E-state index in [4.69, 9.17) is 0 Å². The second-order valence-electron chi connectivity index (χ2n) is 5.51. The van der Waals surface area contributed by atoms with Crippen LogP contribution in [0.5, 0.6) is 0 Å². The normalized spacial score (nSPS) is 22.5. The summed E-state index contributed by atoms with van der Waals surface area (Å²) < 4.78 is 55.4. The first-order valence-corrected chi connectivity index (χ1v) is 8.09. The fourth-order valence-corrected chi connectivity index (χ4v) is 3.48. The van der Waals surface area contributed by atoms with Crippen molar-refractivity contribution < 1.29 is 41.5 Å². The van der Waals surface area contributed by atoms with Crippen molar-refractivity contribution in [1.29, 1.82) is 0 Å². The van der Waals surface area contributed by atoms with Gasteiger partial charge in [0, 0.05) is 0 Å². The molecule has 142 valence electrons. The molecule has 1 fully saturated rings. The third kappa shape index (κ3) is 2.17. The fourth-order valence-electron chi connectivity index (χ4n) is 2.96. The summed E-state index contributed by atoms with van der Waals surface area (Å²) in [5, 5.41) is 1.74. The average Bonchev–Trinajstić information content (AvgIpc) is 2.89. The van der Waals surface area contributed by atoms with Crippen molar-refractivity contribution in [3.8, 4) is 0 Å². The molecule has 0 spiro atoms. The van der Waals surface area contributed by atoms with Crippen molar-refractivity contribution >= 4 is 52.5 Å². The minimum Gasteiger partial charge on any atom is -0.274 e. The maximum atomic E-state index is 14.0. The lowest BCUT2D eigenvalue weighted by Gasteiger charge is -2.40. The Bertz CT molecular complexity index is 937. The summed E-state index contributed by atoms with van der Waals surface area (Å²) >= 11 is 1.19. The number of nitrogens with zero attached hydrogens (tertiary/aromatic N) is 2. The van der Waals surface area contributed by atoms with Crippen LogP contribution in [0.2, 0.25) is 0 Å². The Morgan fingerprint density at radius 3 is 1.74 bits per heavy atom. The first-order valence-electron chi connectivity index (χ1n) is 7.12. The average molecular weight is 499 g/mol. The zero-order chi connectivity index (χ0) is 20.4. The van der Waals surface area contributed by atoms with E-state index in [1.54, 1.807) is 5.32 Å². The molecule has 27 heavy (non-hydrogen) atoms. The van der Waals surface area contributed by atoms with Gasteiger partial charge in [0.05, 0.1) is 34.0 Å². The van der Waals surface area contributed by atoms with E-state index in [2.05, 4.69) is 0 Å². The van der Waals surface area contributed by atoms with Crippen LogP contribution in [0.15, 0.2) is 0 Å². The zero-order valence-corrected chi connectivity index (χ0v) is 15.2. The van der Waals surface area contributed by atoms with Gasteiger partial charge in [0.25, 0.3) is 23.6 Å².